The fourth-order valence-corrected chi connectivity index (χ4v) is 3.37. The van der Waals surface area contributed by atoms with Crippen molar-refractivity contribution in [1.29, 1.82) is 0 Å². The molecular weight excluding hydrogens is 256 g/mol. The third-order valence-corrected chi connectivity index (χ3v) is 4.59. The zero-order valence-corrected chi connectivity index (χ0v) is 12.4. The van der Waals surface area contributed by atoms with Gasteiger partial charge in [0, 0.05) is 30.5 Å². The van der Waals surface area contributed by atoms with Crippen molar-refractivity contribution in [1.82, 2.24) is 10.6 Å². The Morgan fingerprint density at radius 1 is 1.53 bits per heavy atom. The molecule has 0 aromatic heterocycles. The molecule has 4 heteroatoms. The SMILES string of the molecule is Cc1ccccc1[C@H](C)NC(=O)CC1CSCCN1. The van der Waals surface area contributed by atoms with Gasteiger partial charge in [-0.25, -0.2) is 0 Å². The molecule has 1 unspecified atom stereocenters. The lowest BCUT2D eigenvalue weighted by atomic mass is 10.0. The first-order valence-electron chi connectivity index (χ1n) is 6.83. The number of aryl methyl sites for hydroxylation is 1. The van der Waals surface area contributed by atoms with Gasteiger partial charge in [-0.15, -0.1) is 0 Å². The Morgan fingerprint density at radius 3 is 3.00 bits per heavy atom. The Kier molecular flexibility index (Phi) is 5.28. The van der Waals surface area contributed by atoms with Gasteiger partial charge in [-0.2, -0.15) is 11.8 Å². The van der Waals surface area contributed by atoms with Crippen molar-refractivity contribution in [2.24, 2.45) is 0 Å². The van der Waals surface area contributed by atoms with Crippen LogP contribution in [-0.4, -0.2) is 30.0 Å². The molecule has 19 heavy (non-hydrogen) atoms. The Morgan fingerprint density at radius 2 is 2.32 bits per heavy atom. The quantitative estimate of drug-likeness (QED) is 0.887. The summed E-state index contributed by atoms with van der Waals surface area (Å²) in [6, 6.07) is 8.60. The van der Waals surface area contributed by atoms with Gasteiger partial charge in [0.25, 0.3) is 0 Å². The second-order valence-corrected chi connectivity index (χ2v) is 6.23. The summed E-state index contributed by atoms with van der Waals surface area (Å²) in [5, 5.41) is 6.49. The van der Waals surface area contributed by atoms with Crippen LogP contribution in [0.5, 0.6) is 0 Å². The first kappa shape index (κ1) is 14.4. The molecule has 2 atom stereocenters. The fourth-order valence-electron chi connectivity index (χ4n) is 2.43. The average Bonchev–Trinajstić information content (AvgIpc) is 2.40. The number of hydrogen-bond donors (Lipinski definition) is 2. The van der Waals surface area contributed by atoms with E-state index in [2.05, 4.69) is 29.7 Å². The number of carbonyl (C=O) groups excluding carboxylic acids is 1. The monoisotopic (exact) mass is 278 g/mol. The molecule has 1 aromatic carbocycles. The van der Waals surface area contributed by atoms with Crippen LogP contribution in [0.2, 0.25) is 0 Å². The van der Waals surface area contributed by atoms with Crippen molar-refractivity contribution >= 4 is 17.7 Å². The minimum atomic E-state index is 0.0740. The third kappa shape index (κ3) is 4.25. The normalized spacial score (nSPS) is 20.8. The molecule has 1 saturated heterocycles. The van der Waals surface area contributed by atoms with E-state index in [0.29, 0.717) is 12.5 Å². The smallest absolute Gasteiger partial charge is 0.222 e. The molecule has 0 bridgehead atoms. The molecule has 1 aromatic rings. The number of thioether (sulfide) groups is 1. The predicted octanol–water partition coefficient (Wildman–Crippen LogP) is 2.27. The highest BCUT2D eigenvalue weighted by Gasteiger charge is 2.18. The lowest BCUT2D eigenvalue weighted by Crippen LogP contribution is -2.41. The van der Waals surface area contributed by atoms with Crippen LogP contribution in [0.1, 0.15) is 30.5 Å². The van der Waals surface area contributed by atoms with Crippen molar-refractivity contribution in [3.63, 3.8) is 0 Å². The Balaban J connectivity index is 1.86. The van der Waals surface area contributed by atoms with Crippen LogP contribution in [0.3, 0.4) is 0 Å². The van der Waals surface area contributed by atoms with Crippen LogP contribution < -0.4 is 10.6 Å². The molecule has 0 radical (unpaired) electrons. The first-order chi connectivity index (χ1) is 9.16. The molecule has 1 heterocycles. The second-order valence-electron chi connectivity index (χ2n) is 5.08. The lowest BCUT2D eigenvalue weighted by molar-refractivity contribution is -0.122. The Bertz CT molecular complexity index is 430. The van der Waals surface area contributed by atoms with Gasteiger partial charge in [0.15, 0.2) is 0 Å². The van der Waals surface area contributed by atoms with Gasteiger partial charge >= 0.3 is 0 Å². The summed E-state index contributed by atoms with van der Waals surface area (Å²) in [4.78, 5) is 12.0. The minimum Gasteiger partial charge on any atom is -0.350 e. The van der Waals surface area contributed by atoms with Crippen molar-refractivity contribution in [3.05, 3.63) is 35.4 Å². The molecule has 104 valence electrons. The average molecular weight is 278 g/mol. The standard InChI is InChI=1S/C15H22N2OS/c1-11-5-3-4-6-14(11)12(2)17-15(18)9-13-10-19-8-7-16-13/h3-6,12-13,16H,7-10H2,1-2H3,(H,17,18)/t12-,13?/m0/s1. The van der Waals surface area contributed by atoms with E-state index in [1.807, 2.05) is 30.8 Å². The van der Waals surface area contributed by atoms with Crippen LogP contribution in [0, 0.1) is 6.92 Å². The molecule has 0 aliphatic carbocycles. The van der Waals surface area contributed by atoms with Gasteiger partial charge in [0.1, 0.15) is 0 Å². The van der Waals surface area contributed by atoms with E-state index < -0.39 is 0 Å². The van der Waals surface area contributed by atoms with Gasteiger partial charge < -0.3 is 10.6 Å². The molecule has 0 spiro atoms. The highest BCUT2D eigenvalue weighted by molar-refractivity contribution is 7.99. The number of benzene rings is 1. The van der Waals surface area contributed by atoms with Crippen LogP contribution in [-0.2, 0) is 4.79 Å². The summed E-state index contributed by atoms with van der Waals surface area (Å²) in [7, 11) is 0. The molecular formula is C15H22N2OS. The van der Waals surface area contributed by atoms with E-state index in [1.54, 1.807) is 0 Å². The van der Waals surface area contributed by atoms with Crippen molar-refractivity contribution in [3.8, 4) is 0 Å². The minimum absolute atomic E-state index is 0.0740. The highest BCUT2D eigenvalue weighted by atomic mass is 32.2. The summed E-state index contributed by atoms with van der Waals surface area (Å²) in [5.41, 5.74) is 2.42. The van der Waals surface area contributed by atoms with Crippen LogP contribution >= 0.6 is 11.8 Å². The Hall–Kier alpha value is -1.000. The van der Waals surface area contributed by atoms with Gasteiger partial charge in [-0.3, -0.25) is 4.79 Å². The Labute approximate surface area is 119 Å². The molecule has 1 aliphatic heterocycles. The number of hydrogen-bond acceptors (Lipinski definition) is 3. The van der Waals surface area contributed by atoms with E-state index in [-0.39, 0.29) is 11.9 Å². The number of amides is 1. The van der Waals surface area contributed by atoms with Gasteiger partial charge in [-0.05, 0) is 25.0 Å². The van der Waals surface area contributed by atoms with Gasteiger partial charge in [0.2, 0.25) is 5.91 Å². The van der Waals surface area contributed by atoms with Gasteiger partial charge in [-0.1, -0.05) is 24.3 Å². The third-order valence-electron chi connectivity index (χ3n) is 3.46. The number of rotatable bonds is 4. The summed E-state index contributed by atoms with van der Waals surface area (Å²) < 4.78 is 0. The number of carbonyl (C=O) groups is 1. The number of nitrogens with one attached hydrogen (secondary N) is 2. The summed E-state index contributed by atoms with van der Waals surface area (Å²) in [5.74, 6) is 2.32. The first-order valence-corrected chi connectivity index (χ1v) is 7.98. The van der Waals surface area contributed by atoms with Crippen molar-refractivity contribution in [2.75, 3.05) is 18.1 Å². The maximum atomic E-state index is 12.0. The van der Waals surface area contributed by atoms with E-state index in [0.717, 1.165) is 18.1 Å². The van der Waals surface area contributed by atoms with E-state index in [1.165, 1.54) is 11.1 Å². The molecule has 0 saturated carbocycles. The molecule has 3 nitrogen and oxygen atoms in total. The largest absolute Gasteiger partial charge is 0.350 e. The maximum Gasteiger partial charge on any atom is 0.222 e. The molecule has 1 amide bonds. The van der Waals surface area contributed by atoms with E-state index in [4.69, 9.17) is 0 Å². The van der Waals surface area contributed by atoms with Crippen molar-refractivity contribution in [2.45, 2.75) is 32.4 Å². The molecule has 2 rings (SSSR count). The van der Waals surface area contributed by atoms with Crippen LogP contribution in [0.15, 0.2) is 24.3 Å². The van der Waals surface area contributed by atoms with Crippen LogP contribution in [0.4, 0.5) is 0 Å². The zero-order chi connectivity index (χ0) is 13.7. The van der Waals surface area contributed by atoms with Crippen molar-refractivity contribution < 1.29 is 4.79 Å². The highest BCUT2D eigenvalue weighted by Crippen LogP contribution is 2.17. The summed E-state index contributed by atoms with van der Waals surface area (Å²) >= 11 is 1.92. The molecule has 1 aliphatic rings. The van der Waals surface area contributed by atoms with E-state index >= 15 is 0 Å². The predicted molar refractivity (Wildman–Crippen MR) is 81.5 cm³/mol. The van der Waals surface area contributed by atoms with E-state index in [9.17, 15) is 4.79 Å². The van der Waals surface area contributed by atoms with Gasteiger partial charge in [0.05, 0.1) is 6.04 Å². The summed E-state index contributed by atoms with van der Waals surface area (Å²) in [6.07, 6.45) is 0.573. The lowest BCUT2D eigenvalue weighted by Gasteiger charge is -2.24. The molecule has 1 fully saturated rings. The zero-order valence-electron chi connectivity index (χ0n) is 11.6. The topological polar surface area (TPSA) is 41.1 Å². The summed E-state index contributed by atoms with van der Waals surface area (Å²) in [6.45, 7) is 5.14. The molecule has 2 N–H and O–H groups in total. The van der Waals surface area contributed by atoms with Crippen LogP contribution in [0.25, 0.3) is 0 Å². The second kappa shape index (κ2) is 6.96. The maximum absolute atomic E-state index is 12.0. The fraction of sp³-hybridized carbons (Fsp3) is 0.533.